The number of hydrogen-bond donors (Lipinski definition) is 0. The molecule has 1 aromatic rings. The topological polar surface area (TPSA) is 46.1 Å². The fourth-order valence-corrected chi connectivity index (χ4v) is 3.06. The average molecular weight is 366 g/mol. The fourth-order valence-electron chi connectivity index (χ4n) is 3.06. The van der Waals surface area contributed by atoms with Gasteiger partial charge in [-0.25, -0.2) is 14.4 Å². The Labute approximate surface area is 158 Å². The number of anilines is 1. The standard InChI is InChI=1S/C21H36FN3O/c1-7-10-12-16(13-11-8-2)25(19(26)14-21(4,5)6)20-23-15-17(22)18(9-3)24-20/h15-16H,7-14H2,1-6H3. The summed E-state index contributed by atoms with van der Waals surface area (Å²) >= 11 is 0. The van der Waals surface area contributed by atoms with Gasteiger partial charge in [0.2, 0.25) is 11.9 Å². The predicted octanol–water partition coefficient (Wildman–Crippen LogP) is 5.70. The smallest absolute Gasteiger partial charge is 0.232 e. The van der Waals surface area contributed by atoms with Crippen molar-refractivity contribution in [2.24, 2.45) is 5.41 Å². The van der Waals surface area contributed by atoms with E-state index in [9.17, 15) is 9.18 Å². The maximum absolute atomic E-state index is 13.9. The third kappa shape index (κ3) is 7.00. The Balaban J connectivity index is 3.27. The van der Waals surface area contributed by atoms with E-state index in [0.717, 1.165) is 38.5 Å². The monoisotopic (exact) mass is 365 g/mol. The van der Waals surface area contributed by atoms with Crippen LogP contribution in [0.5, 0.6) is 0 Å². The van der Waals surface area contributed by atoms with Crippen LogP contribution in [-0.2, 0) is 11.2 Å². The van der Waals surface area contributed by atoms with Crippen LogP contribution < -0.4 is 4.90 Å². The van der Waals surface area contributed by atoms with Crippen LogP contribution in [0.1, 0.15) is 92.2 Å². The normalized spacial score (nSPS) is 11.8. The van der Waals surface area contributed by atoms with Gasteiger partial charge in [-0.05, 0) is 24.7 Å². The molecule has 26 heavy (non-hydrogen) atoms. The second-order valence-corrected chi connectivity index (χ2v) is 8.26. The fraction of sp³-hybridized carbons (Fsp3) is 0.762. The van der Waals surface area contributed by atoms with Crippen LogP contribution in [0, 0.1) is 11.2 Å². The number of unbranched alkanes of at least 4 members (excludes halogenated alkanes) is 2. The van der Waals surface area contributed by atoms with Gasteiger partial charge in [-0.3, -0.25) is 9.69 Å². The highest BCUT2D eigenvalue weighted by Crippen LogP contribution is 2.27. The van der Waals surface area contributed by atoms with Crippen molar-refractivity contribution in [3.8, 4) is 0 Å². The zero-order valence-corrected chi connectivity index (χ0v) is 17.4. The molecule has 0 radical (unpaired) electrons. The van der Waals surface area contributed by atoms with Gasteiger partial charge in [-0.2, -0.15) is 0 Å². The van der Waals surface area contributed by atoms with Gasteiger partial charge in [0, 0.05) is 12.5 Å². The van der Waals surface area contributed by atoms with E-state index in [1.807, 2.05) is 6.92 Å². The molecule has 1 rings (SSSR count). The molecule has 0 fully saturated rings. The summed E-state index contributed by atoms with van der Waals surface area (Å²) in [7, 11) is 0. The zero-order valence-electron chi connectivity index (χ0n) is 17.4. The van der Waals surface area contributed by atoms with Gasteiger partial charge in [-0.15, -0.1) is 0 Å². The molecule has 5 heteroatoms. The molecule has 0 aliphatic carbocycles. The van der Waals surface area contributed by atoms with E-state index in [4.69, 9.17) is 0 Å². The zero-order chi connectivity index (χ0) is 19.7. The number of nitrogens with zero attached hydrogens (tertiary/aromatic N) is 3. The van der Waals surface area contributed by atoms with Crippen LogP contribution in [0.3, 0.4) is 0 Å². The molecule has 0 N–H and O–H groups in total. The molecule has 0 saturated heterocycles. The number of amides is 1. The Kier molecular flexibility index (Phi) is 9.17. The number of aryl methyl sites for hydroxylation is 1. The van der Waals surface area contributed by atoms with Crippen molar-refractivity contribution in [1.82, 2.24) is 9.97 Å². The molecule has 0 saturated carbocycles. The lowest BCUT2D eigenvalue weighted by Crippen LogP contribution is -2.43. The largest absolute Gasteiger partial charge is 0.278 e. The first kappa shape index (κ1) is 22.5. The molecule has 0 spiro atoms. The summed E-state index contributed by atoms with van der Waals surface area (Å²) in [4.78, 5) is 23.5. The third-order valence-corrected chi connectivity index (χ3v) is 4.45. The number of rotatable bonds is 10. The number of aromatic nitrogens is 2. The third-order valence-electron chi connectivity index (χ3n) is 4.45. The Bertz CT molecular complexity index is 561. The molecule has 0 aliphatic rings. The van der Waals surface area contributed by atoms with E-state index >= 15 is 0 Å². The second-order valence-electron chi connectivity index (χ2n) is 8.26. The number of carbonyl (C=O) groups is 1. The van der Waals surface area contributed by atoms with Crippen molar-refractivity contribution in [2.75, 3.05) is 4.90 Å². The summed E-state index contributed by atoms with van der Waals surface area (Å²) in [5.74, 6) is -0.0174. The van der Waals surface area contributed by atoms with E-state index in [0.29, 0.717) is 24.5 Å². The minimum absolute atomic E-state index is 0.0309. The van der Waals surface area contributed by atoms with Gasteiger partial charge in [0.1, 0.15) is 0 Å². The lowest BCUT2D eigenvalue weighted by molar-refractivity contribution is -0.121. The summed E-state index contributed by atoms with van der Waals surface area (Å²) in [6.07, 6.45) is 8.22. The van der Waals surface area contributed by atoms with Crippen molar-refractivity contribution in [3.63, 3.8) is 0 Å². The summed E-state index contributed by atoms with van der Waals surface area (Å²) in [6.45, 7) is 12.3. The van der Waals surface area contributed by atoms with Gasteiger partial charge in [-0.1, -0.05) is 67.2 Å². The summed E-state index contributed by atoms with van der Waals surface area (Å²) < 4.78 is 13.9. The molecule has 4 nitrogen and oxygen atoms in total. The van der Waals surface area contributed by atoms with Crippen molar-refractivity contribution in [1.29, 1.82) is 0 Å². The summed E-state index contributed by atoms with van der Waals surface area (Å²) in [6, 6.07) is 0.0694. The van der Waals surface area contributed by atoms with Gasteiger partial charge in [0.05, 0.1) is 11.9 Å². The van der Waals surface area contributed by atoms with Crippen LogP contribution in [0.25, 0.3) is 0 Å². The number of hydrogen-bond acceptors (Lipinski definition) is 3. The number of carbonyl (C=O) groups excluding carboxylic acids is 1. The minimum atomic E-state index is -0.405. The first-order valence-corrected chi connectivity index (χ1v) is 10.1. The Morgan fingerprint density at radius 1 is 1.15 bits per heavy atom. The van der Waals surface area contributed by atoms with Crippen LogP contribution in [0.4, 0.5) is 10.3 Å². The van der Waals surface area contributed by atoms with E-state index < -0.39 is 5.82 Å². The van der Waals surface area contributed by atoms with Crippen molar-refractivity contribution >= 4 is 11.9 Å². The van der Waals surface area contributed by atoms with Crippen LogP contribution in [0.2, 0.25) is 0 Å². The molecule has 0 bridgehead atoms. The maximum atomic E-state index is 13.9. The molecule has 148 valence electrons. The van der Waals surface area contributed by atoms with Gasteiger partial charge in [0.25, 0.3) is 0 Å². The summed E-state index contributed by atoms with van der Waals surface area (Å²) in [5, 5.41) is 0. The number of halogens is 1. The lowest BCUT2D eigenvalue weighted by atomic mass is 9.91. The molecule has 0 unspecified atom stereocenters. The molecule has 0 aliphatic heterocycles. The highest BCUT2D eigenvalue weighted by molar-refractivity contribution is 5.92. The molecule has 0 aromatic carbocycles. The minimum Gasteiger partial charge on any atom is -0.278 e. The first-order chi connectivity index (χ1) is 12.2. The SMILES string of the molecule is CCCCC(CCCC)N(C(=O)CC(C)(C)C)c1ncc(F)c(CC)n1. The quantitative estimate of drug-likeness (QED) is 0.534. The van der Waals surface area contributed by atoms with Crippen LogP contribution in [0.15, 0.2) is 6.20 Å². The van der Waals surface area contributed by atoms with Crippen molar-refractivity contribution in [3.05, 3.63) is 17.7 Å². The van der Waals surface area contributed by atoms with Crippen LogP contribution in [-0.4, -0.2) is 21.9 Å². The molecule has 1 heterocycles. The van der Waals surface area contributed by atoms with Crippen molar-refractivity contribution < 1.29 is 9.18 Å². The van der Waals surface area contributed by atoms with Crippen LogP contribution >= 0.6 is 0 Å². The predicted molar refractivity (Wildman–Crippen MR) is 106 cm³/mol. The Hall–Kier alpha value is -1.52. The van der Waals surface area contributed by atoms with E-state index in [-0.39, 0.29) is 17.4 Å². The molecule has 0 atom stereocenters. The van der Waals surface area contributed by atoms with Gasteiger partial charge >= 0.3 is 0 Å². The highest BCUT2D eigenvalue weighted by Gasteiger charge is 2.30. The molecule has 1 aromatic heterocycles. The average Bonchev–Trinajstić information content (AvgIpc) is 2.56. The Morgan fingerprint density at radius 3 is 2.19 bits per heavy atom. The molecular formula is C21H36FN3O. The maximum Gasteiger partial charge on any atom is 0.232 e. The second kappa shape index (κ2) is 10.6. The van der Waals surface area contributed by atoms with E-state index in [2.05, 4.69) is 44.6 Å². The lowest BCUT2D eigenvalue weighted by Gasteiger charge is -2.32. The van der Waals surface area contributed by atoms with E-state index in [1.54, 1.807) is 4.90 Å². The van der Waals surface area contributed by atoms with E-state index in [1.165, 1.54) is 6.20 Å². The first-order valence-electron chi connectivity index (χ1n) is 10.1. The highest BCUT2D eigenvalue weighted by atomic mass is 19.1. The van der Waals surface area contributed by atoms with Crippen molar-refractivity contribution in [2.45, 2.75) is 99.0 Å². The Morgan fingerprint density at radius 2 is 1.73 bits per heavy atom. The summed E-state index contributed by atoms with van der Waals surface area (Å²) in [5.41, 5.74) is 0.247. The van der Waals surface area contributed by atoms with Gasteiger partial charge in [0.15, 0.2) is 5.82 Å². The molecular weight excluding hydrogens is 329 g/mol. The molecule has 1 amide bonds. The van der Waals surface area contributed by atoms with Gasteiger partial charge < -0.3 is 0 Å².